The molecule has 0 heterocycles. The van der Waals surface area contributed by atoms with Crippen LogP contribution in [-0.2, 0) is 33.3 Å². The lowest BCUT2D eigenvalue weighted by Gasteiger charge is -2.55. The molecule has 41 heavy (non-hydrogen) atoms. The van der Waals surface area contributed by atoms with Gasteiger partial charge in [-0.15, -0.1) is 0 Å². The predicted octanol–water partition coefficient (Wildman–Crippen LogP) is 5.61. The summed E-state index contributed by atoms with van der Waals surface area (Å²) in [5, 5.41) is 6.47. The van der Waals surface area contributed by atoms with Crippen molar-refractivity contribution in [2.24, 2.45) is 28.9 Å². The zero-order chi connectivity index (χ0) is 29.0. The van der Waals surface area contributed by atoms with E-state index in [4.69, 9.17) is 11.5 Å². The molecule has 0 spiro atoms. The van der Waals surface area contributed by atoms with Gasteiger partial charge in [0.2, 0.25) is 11.8 Å². The van der Waals surface area contributed by atoms with E-state index in [1.54, 1.807) is 0 Å². The standard InChI is InChI=1S/C35H48N4O2/c1-33-15-4-6-24(27(33)13-9-22-7-11-25(37)18-28(22)33)21-38-32(41)35(3)17-5-16-34(2)29-19-26(39-31(40)20-36)12-8-23(29)10-14-30(34)35/h7-8,11-12,18-19,24,27,30H,4-6,9-10,13-17,20-21,36-37H2,1-3H3,(H,38,41)(H,39,40)/t24?,27?,30?,33?,34?,35-/m0/s1. The number of hydrogen-bond acceptors (Lipinski definition) is 4. The van der Waals surface area contributed by atoms with Gasteiger partial charge in [-0.3, -0.25) is 9.59 Å². The number of nitrogens with two attached hydrogens (primary N) is 2. The average Bonchev–Trinajstić information content (AvgIpc) is 2.95. The Morgan fingerprint density at radius 3 is 2.37 bits per heavy atom. The number of rotatable bonds is 5. The van der Waals surface area contributed by atoms with Gasteiger partial charge in [0, 0.05) is 17.9 Å². The van der Waals surface area contributed by atoms with Crippen LogP contribution in [0.25, 0.3) is 0 Å². The van der Waals surface area contributed by atoms with Gasteiger partial charge in [-0.2, -0.15) is 0 Å². The Bertz CT molecular complexity index is 1360. The van der Waals surface area contributed by atoms with Gasteiger partial charge in [-0.05, 0) is 126 Å². The minimum Gasteiger partial charge on any atom is -0.399 e. The molecule has 6 atom stereocenters. The summed E-state index contributed by atoms with van der Waals surface area (Å²) in [5.41, 5.74) is 18.6. The molecule has 6 heteroatoms. The van der Waals surface area contributed by atoms with Crippen molar-refractivity contribution in [1.82, 2.24) is 5.32 Å². The normalized spacial score (nSPS) is 33.9. The van der Waals surface area contributed by atoms with Crippen LogP contribution in [0.5, 0.6) is 0 Å². The van der Waals surface area contributed by atoms with Crippen molar-refractivity contribution < 1.29 is 9.59 Å². The van der Waals surface area contributed by atoms with E-state index in [0.717, 1.165) is 56.4 Å². The summed E-state index contributed by atoms with van der Waals surface area (Å²) in [6.45, 7) is 7.76. The van der Waals surface area contributed by atoms with E-state index >= 15 is 0 Å². The van der Waals surface area contributed by atoms with Crippen LogP contribution in [0.15, 0.2) is 36.4 Å². The zero-order valence-corrected chi connectivity index (χ0v) is 25.2. The first kappa shape index (κ1) is 28.3. The number of anilines is 2. The lowest BCUT2D eigenvalue weighted by Crippen LogP contribution is -2.56. The molecule has 220 valence electrons. The van der Waals surface area contributed by atoms with Crippen molar-refractivity contribution in [3.05, 3.63) is 58.7 Å². The monoisotopic (exact) mass is 556 g/mol. The predicted molar refractivity (Wildman–Crippen MR) is 166 cm³/mol. The number of carbonyl (C=O) groups excluding carboxylic acids is 2. The Hall–Kier alpha value is -2.86. The Balaban J connectivity index is 1.20. The number of hydrogen-bond donors (Lipinski definition) is 4. The van der Waals surface area contributed by atoms with E-state index in [0.29, 0.717) is 11.8 Å². The Morgan fingerprint density at radius 2 is 1.59 bits per heavy atom. The highest BCUT2D eigenvalue weighted by atomic mass is 16.2. The smallest absolute Gasteiger partial charge is 0.238 e. The molecule has 4 aliphatic rings. The van der Waals surface area contributed by atoms with Crippen LogP contribution in [0.1, 0.15) is 94.4 Å². The molecule has 0 saturated heterocycles. The largest absolute Gasteiger partial charge is 0.399 e. The second-order valence-electron chi connectivity index (χ2n) is 14.2. The van der Waals surface area contributed by atoms with Crippen molar-refractivity contribution >= 4 is 23.2 Å². The summed E-state index contributed by atoms with van der Waals surface area (Å²) in [6, 6.07) is 12.8. The van der Waals surface area contributed by atoms with Crippen molar-refractivity contribution in [2.45, 2.75) is 95.8 Å². The summed E-state index contributed by atoms with van der Waals surface area (Å²) >= 11 is 0. The van der Waals surface area contributed by atoms with E-state index in [9.17, 15) is 9.59 Å². The van der Waals surface area contributed by atoms with E-state index in [1.807, 2.05) is 12.1 Å². The van der Waals surface area contributed by atoms with Gasteiger partial charge in [0.1, 0.15) is 0 Å². The molecular formula is C35H48N4O2. The number of benzene rings is 2. The van der Waals surface area contributed by atoms with Gasteiger partial charge < -0.3 is 22.1 Å². The van der Waals surface area contributed by atoms with Crippen LogP contribution in [0, 0.1) is 23.2 Å². The van der Waals surface area contributed by atoms with Gasteiger partial charge in [-0.25, -0.2) is 0 Å². The molecule has 5 unspecified atom stereocenters. The summed E-state index contributed by atoms with van der Waals surface area (Å²) in [6.07, 6.45) is 10.9. The highest BCUT2D eigenvalue weighted by Gasteiger charge is 2.55. The summed E-state index contributed by atoms with van der Waals surface area (Å²) in [7, 11) is 0. The first-order valence-electron chi connectivity index (χ1n) is 15.9. The highest BCUT2D eigenvalue weighted by molar-refractivity contribution is 5.92. The third-order valence-electron chi connectivity index (χ3n) is 12.0. The first-order chi connectivity index (χ1) is 19.6. The van der Waals surface area contributed by atoms with Gasteiger partial charge >= 0.3 is 0 Å². The van der Waals surface area contributed by atoms with Crippen LogP contribution < -0.4 is 22.1 Å². The van der Waals surface area contributed by atoms with Crippen molar-refractivity contribution in [3.63, 3.8) is 0 Å². The van der Waals surface area contributed by atoms with Crippen LogP contribution in [0.3, 0.4) is 0 Å². The van der Waals surface area contributed by atoms with Crippen molar-refractivity contribution in [2.75, 3.05) is 24.1 Å². The second-order valence-corrected chi connectivity index (χ2v) is 14.2. The molecule has 2 amide bonds. The zero-order valence-electron chi connectivity index (χ0n) is 25.2. The molecule has 2 saturated carbocycles. The number of fused-ring (bicyclic) bond motifs is 6. The molecule has 0 radical (unpaired) electrons. The maximum atomic E-state index is 14.2. The SMILES string of the molecule is CC12CCCC(CNC(=O)[C@@]3(C)CCCC4(C)c5cc(NC(=O)CN)ccc5CCC43)C1CCc1ccc(N)cc12. The number of aryl methyl sites for hydroxylation is 2. The lowest BCUT2D eigenvalue weighted by molar-refractivity contribution is -0.139. The van der Waals surface area contributed by atoms with Crippen LogP contribution >= 0.6 is 0 Å². The maximum absolute atomic E-state index is 14.2. The quantitative estimate of drug-likeness (QED) is 0.359. The minimum atomic E-state index is -0.410. The Labute approximate surface area is 245 Å². The second kappa shape index (κ2) is 10.4. The number of nitrogens with one attached hydrogen (secondary N) is 2. The molecule has 2 fully saturated rings. The Morgan fingerprint density at radius 1 is 0.878 bits per heavy atom. The average molecular weight is 557 g/mol. The van der Waals surface area contributed by atoms with Crippen LogP contribution in [0.4, 0.5) is 11.4 Å². The molecule has 0 aliphatic heterocycles. The minimum absolute atomic E-state index is 0.0310. The fraction of sp³-hybridized carbons (Fsp3) is 0.600. The van der Waals surface area contributed by atoms with Crippen molar-refractivity contribution in [3.8, 4) is 0 Å². The number of carbonyl (C=O) groups is 2. The number of nitrogen functional groups attached to an aromatic ring is 1. The summed E-state index contributed by atoms with van der Waals surface area (Å²) < 4.78 is 0. The molecule has 2 aromatic carbocycles. The molecular weight excluding hydrogens is 508 g/mol. The molecule has 0 aromatic heterocycles. The van der Waals surface area contributed by atoms with E-state index in [2.05, 4.69) is 55.7 Å². The first-order valence-corrected chi connectivity index (χ1v) is 15.9. The fourth-order valence-corrected chi connectivity index (χ4v) is 9.87. The number of amides is 2. The molecule has 4 aliphatic carbocycles. The highest BCUT2D eigenvalue weighted by Crippen LogP contribution is 2.58. The summed E-state index contributed by atoms with van der Waals surface area (Å²) in [4.78, 5) is 26.2. The van der Waals surface area contributed by atoms with Gasteiger partial charge in [0.25, 0.3) is 0 Å². The van der Waals surface area contributed by atoms with Crippen molar-refractivity contribution in [1.29, 1.82) is 0 Å². The topological polar surface area (TPSA) is 110 Å². The molecule has 0 bridgehead atoms. The Kier molecular flexibility index (Phi) is 7.20. The van der Waals surface area contributed by atoms with Gasteiger partial charge in [-0.1, -0.05) is 45.7 Å². The summed E-state index contributed by atoms with van der Waals surface area (Å²) in [5.74, 6) is 1.37. The van der Waals surface area contributed by atoms with E-state index < -0.39 is 5.41 Å². The van der Waals surface area contributed by atoms with Gasteiger partial charge in [0.05, 0.1) is 12.0 Å². The van der Waals surface area contributed by atoms with Gasteiger partial charge in [0.15, 0.2) is 0 Å². The molecule has 2 aromatic rings. The molecule has 6 nitrogen and oxygen atoms in total. The lowest BCUT2D eigenvalue weighted by atomic mass is 9.49. The third-order valence-corrected chi connectivity index (χ3v) is 12.0. The molecule has 6 N–H and O–H groups in total. The third kappa shape index (κ3) is 4.67. The fourth-order valence-electron chi connectivity index (χ4n) is 9.87. The van der Waals surface area contributed by atoms with E-state index in [-0.39, 0.29) is 35.1 Å². The van der Waals surface area contributed by atoms with Crippen LogP contribution in [-0.4, -0.2) is 24.9 Å². The van der Waals surface area contributed by atoms with Crippen LogP contribution in [0.2, 0.25) is 0 Å². The van der Waals surface area contributed by atoms with E-state index in [1.165, 1.54) is 47.9 Å². The maximum Gasteiger partial charge on any atom is 0.238 e. The molecule has 6 rings (SSSR count).